The molecule has 0 radical (unpaired) electrons. The Balaban J connectivity index is 2.62. The van der Waals surface area contributed by atoms with Crippen LogP contribution in [-0.2, 0) is 7.05 Å². The van der Waals surface area contributed by atoms with E-state index in [1.165, 1.54) is 0 Å². The highest BCUT2D eigenvalue weighted by molar-refractivity contribution is 14.1. The Morgan fingerprint density at radius 3 is 2.37 bits per heavy atom. The fraction of sp³-hybridized carbons (Fsp3) is 0.462. The summed E-state index contributed by atoms with van der Waals surface area (Å²) in [4.78, 5) is 9.25. The van der Waals surface area contributed by atoms with Gasteiger partial charge in [0.05, 0.1) is 20.5 Å². The molecule has 0 aliphatic heterocycles. The maximum atomic E-state index is 4.65. The number of hydrogen-bond acceptors (Lipinski definition) is 4. The van der Waals surface area contributed by atoms with Crippen molar-refractivity contribution in [3.8, 4) is 11.4 Å². The first-order valence-electron chi connectivity index (χ1n) is 6.24. The van der Waals surface area contributed by atoms with E-state index >= 15 is 0 Å². The molecule has 0 aromatic carbocycles. The Kier molecular flexibility index (Phi) is 4.07. The molecule has 2 rings (SSSR count). The van der Waals surface area contributed by atoms with Gasteiger partial charge in [0.25, 0.3) is 0 Å². The van der Waals surface area contributed by atoms with Crippen LogP contribution in [0.15, 0.2) is 0 Å². The van der Waals surface area contributed by atoms with Gasteiger partial charge in [0.15, 0.2) is 5.82 Å². The lowest BCUT2D eigenvalue weighted by atomic mass is 10.2. The number of hydrogen-bond donors (Lipinski definition) is 1. The summed E-state index contributed by atoms with van der Waals surface area (Å²) >= 11 is 2.28. The summed E-state index contributed by atoms with van der Waals surface area (Å²) in [6.45, 7) is 8.95. The van der Waals surface area contributed by atoms with Gasteiger partial charge in [-0.25, -0.2) is 9.97 Å². The van der Waals surface area contributed by atoms with Gasteiger partial charge in [-0.05, 0) is 50.3 Å². The molecular weight excluding hydrogens is 353 g/mol. The number of anilines is 1. The molecule has 0 aliphatic carbocycles. The number of aryl methyl sites for hydroxylation is 3. The predicted octanol–water partition coefficient (Wildman–Crippen LogP) is 2.84. The fourth-order valence-corrected chi connectivity index (χ4v) is 2.48. The van der Waals surface area contributed by atoms with E-state index in [9.17, 15) is 0 Å². The second kappa shape index (κ2) is 5.44. The molecule has 0 bridgehead atoms. The minimum absolute atomic E-state index is 0.747. The van der Waals surface area contributed by atoms with Crippen LogP contribution in [0.1, 0.15) is 24.0 Å². The lowest BCUT2D eigenvalue weighted by Gasteiger charge is -2.10. The normalized spacial score (nSPS) is 10.8. The molecule has 0 saturated heterocycles. The fourth-order valence-electron chi connectivity index (χ4n) is 2.05. The zero-order valence-electron chi connectivity index (χ0n) is 11.9. The quantitative estimate of drug-likeness (QED) is 0.844. The number of halogens is 1. The van der Waals surface area contributed by atoms with Crippen LogP contribution < -0.4 is 5.32 Å². The molecule has 0 fully saturated rings. The monoisotopic (exact) mass is 371 g/mol. The SMILES string of the molecule is CCNc1nc(-c2c(C)nn(C)c2C)nc(C)c1I. The molecule has 2 heterocycles. The predicted molar refractivity (Wildman–Crippen MR) is 85.3 cm³/mol. The van der Waals surface area contributed by atoms with Crippen LogP contribution in [0.3, 0.4) is 0 Å². The highest BCUT2D eigenvalue weighted by atomic mass is 127. The molecule has 1 N–H and O–H groups in total. The molecule has 2 aromatic rings. The van der Waals surface area contributed by atoms with E-state index in [0.29, 0.717) is 0 Å². The van der Waals surface area contributed by atoms with Gasteiger partial charge < -0.3 is 5.32 Å². The average Bonchev–Trinajstić information content (AvgIpc) is 2.59. The molecule has 102 valence electrons. The zero-order chi connectivity index (χ0) is 14.2. The lowest BCUT2D eigenvalue weighted by molar-refractivity contribution is 0.731. The molecule has 0 saturated carbocycles. The molecule has 0 spiro atoms. The standard InChI is InChI=1S/C13H18IN5/c1-6-15-13-11(14)8(3)16-12(17-13)10-7(2)18-19(5)9(10)4/h6H2,1-5H3,(H,15,16,17). The van der Waals surface area contributed by atoms with Crippen molar-refractivity contribution in [1.29, 1.82) is 0 Å². The van der Waals surface area contributed by atoms with E-state index in [1.807, 2.05) is 32.5 Å². The van der Waals surface area contributed by atoms with Crippen molar-refractivity contribution in [2.45, 2.75) is 27.7 Å². The first kappa shape index (κ1) is 14.2. The third-order valence-corrected chi connectivity index (χ3v) is 4.39. The smallest absolute Gasteiger partial charge is 0.165 e. The van der Waals surface area contributed by atoms with Crippen LogP contribution in [0, 0.1) is 24.3 Å². The number of aromatic nitrogens is 4. The van der Waals surface area contributed by atoms with Gasteiger partial charge in [-0.3, -0.25) is 4.68 Å². The van der Waals surface area contributed by atoms with Crippen LogP contribution in [0.4, 0.5) is 5.82 Å². The van der Waals surface area contributed by atoms with Gasteiger partial charge in [-0.1, -0.05) is 0 Å². The van der Waals surface area contributed by atoms with Crippen molar-refractivity contribution < 1.29 is 0 Å². The Morgan fingerprint density at radius 1 is 1.16 bits per heavy atom. The van der Waals surface area contributed by atoms with Crippen LogP contribution in [-0.4, -0.2) is 26.3 Å². The molecule has 0 unspecified atom stereocenters. The first-order valence-corrected chi connectivity index (χ1v) is 7.32. The molecule has 0 aliphatic rings. The minimum Gasteiger partial charge on any atom is -0.369 e. The summed E-state index contributed by atoms with van der Waals surface area (Å²) < 4.78 is 2.94. The highest BCUT2D eigenvalue weighted by Gasteiger charge is 2.17. The molecule has 2 aromatic heterocycles. The summed E-state index contributed by atoms with van der Waals surface area (Å²) in [5.41, 5.74) is 4.06. The van der Waals surface area contributed by atoms with Crippen LogP contribution in [0.2, 0.25) is 0 Å². The van der Waals surface area contributed by atoms with Crippen molar-refractivity contribution in [3.63, 3.8) is 0 Å². The van der Waals surface area contributed by atoms with E-state index in [-0.39, 0.29) is 0 Å². The van der Waals surface area contributed by atoms with E-state index in [2.05, 4.69) is 49.9 Å². The van der Waals surface area contributed by atoms with Gasteiger partial charge in [-0.2, -0.15) is 5.10 Å². The van der Waals surface area contributed by atoms with Gasteiger partial charge in [0, 0.05) is 19.3 Å². The number of rotatable bonds is 3. The summed E-state index contributed by atoms with van der Waals surface area (Å²) in [5.74, 6) is 1.64. The Morgan fingerprint density at radius 2 is 1.84 bits per heavy atom. The molecular formula is C13H18IN5. The topological polar surface area (TPSA) is 55.6 Å². The Labute approximate surface area is 127 Å². The Hall–Kier alpha value is -1.18. The first-order chi connectivity index (χ1) is 8.95. The number of nitrogens with zero attached hydrogens (tertiary/aromatic N) is 4. The van der Waals surface area contributed by atoms with Crippen molar-refractivity contribution in [2.75, 3.05) is 11.9 Å². The Bertz CT molecular complexity index is 618. The summed E-state index contributed by atoms with van der Waals surface area (Å²) in [7, 11) is 1.94. The average molecular weight is 371 g/mol. The van der Waals surface area contributed by atoms with Crippen molar-refractivity contribution in [3.05, 3.63) is 20.7 Å². The van der Waals surface area contributed by atoms with E-state index in [4.69, 9.17) is 0 Å². The van der Waals surface area contributed by atoms with Gasteiger partial charge in [-0.15, -0.1) is 0 Å². The van der Waals surface area contributed by atoms with Gasteiger partial charge >= 0.3 is 0 Å². The van der Waals surface area contributed by atoms with Crippen molar-refractivity contribution in [1.82, 2.24) is 19.7 Å². The van der Waals surface area contributed by atoms with Crippen LogP contribution in [0.5, 0.6) is 0 Å². The minimum atomic E-state index is 0.747. The maximum Gasteiger partial charge on any atom is 0.165 e. The maximum absolute atomic E-state index is 4.65. The summed E-state index contributed by atoms with van der Waals surface area (Å²) in [6.07, 6.45) is 0. The van der Waals surface area contributed by atoms with E-state index in [1.54, 1.807) is 0 Å². The summed E-state index contributed by atoms with van der Waals surface area (Å²) in [6, 6.07) is 0. The zero-order valence-corrected chi connectivity index (χ0v) is 14.0. The van der Waals surface area contributed by atoms with Gasteiger partial charge in [0.2, 0.25) is 0 Å². The van der Waals surface area contributed by atoms with Crippen LogP contribution >= 0.6 is 22.6 Å². The molecule has 0 atom stereocenters. The molecule has 6 heteroatoms. The highest BCUT2D eigenvalue weighted by Crippen LogP contribution is 2.27. The van der Waals surface area contributed by atoms with Crippen molar-refractivity contribution >= 4 is 28.4 Å². The third-order valence-electron chi connectivity index (χ3n) is 3.09. The third kappa shape index (κ3) is 2.58. The van der Waals surface area contributed by atoms with Gasteiger partial charge in [0.1, 0.15) is 5.82 Å². The number of nitrogens with one attached hydrogen (secondary N) is 1. The van der Waals surface area contributed by atoms with E-state index < -0.39 is 0 Å². The summed E-state index contributed by atoms with van der Waals surface area (Å²) in [5, 5.41) is 7.72. The molecule has 5 nitrogen and oxygen atoms in total. The van der Waals surface area contributed by atoms with Crippen LogP contribution in [0.25, 0.3) is 11.4 Å². The second-order valence-electron chi connectivity index (χ2n) is 4.49. The van der Waals surface area contributed by atoms with E-state index in [0.717, 1.165) is 44.4 Å². The second-order valence-corrected chi connectivity index (χ2v) is 5.57. The molecule has 19 heavy (non-hydrogen) atoms. The lowest BCUT2D eigenvalue weighted by Crippen LogP contribution is -2.06. The largest absolute Gasteiger partial charge is 0.369 e. The molecule has 0 amide bonds. The van der Waals surface area contributed by atoms with Crippen molar-refractivity contribution in [2.24, 2.45) is 7.05 Å².